The molecule has 1 fully saturated rings. The van der Waals surface area contributed by atoms with Gasteiger partial charge in [0.15, 0.2) is 11.0 Å². The van der Waals surface area contributed by atoms with Crippen LogP contribution < -0.4 is 10.6 Å². The lowest BCUT2D eigenvalue weighted by Crippen LogP contribution is -2.44. The van der Waals surface area contributed by atoms with Crippen molar-refractivity contribution in [1.82, 2.24) is 25.4 Å². The molecule has 3 aromatic rings. The number of carbonyl (C=O) groups excluding carboxylic acids is 1. The molecule has 1 aliphatic carbocycles. The molecule has 180 valence electrons. The highest BCUT2D eigenvalue weighted by atomic mass is 35.5. The van der Waals surface area contributed by atoms with Gasteiger partial charge in [-0.05, 0) is 50.5 Å². The first-order valence-corrected chi connectivity index (χ1v) is 13.3. The minimum Gasteiger partial charge on any atom is -0.335 e. The maximum Gasteiger partial charge on any atom is 0.315 e. The van der Waals surface area contributed by atoms with Crippen molar-refractivity contribution in [3.63, 3.8) is 0 Å². The Balaban J connectivity index is 1.57. The molecule has 0 bridgehead atoms. The van der Waals surface area contributed by atoms with Crippen LogP contribution in [0.1, 0.15) is 62.0 Å². The first kappa shape index (κ1) is 24.9. The maximum atomic E-state index is 12.7. The predicted octanol–water partition coefficient (Wildman–Crippen LogP) is 6.87. The Labute approximate surface area is 214 Å². The Morgan fingerprint density at radius 1 is 1.15 bits per heavy atom. The van der Waals surface area contributed by atoms with Gasteiger partial charge in [0.25, 0.3) is 0 Å². The van der Waals surface area contributed by atoms with E-state index in [4.69, 9.17) is 23.2 Å². The Hall–Kier alpha value is -2.22. The smallest absolute Gasteiger partial charge is 0.315 e. The Morgan fingerprint density at radius 3 is 2.68 bits per heavy atom. The molecule has 1 aliphatic rings. The summed E-state index contributed by atoms with van der Waals surface area (Å²) in [6, 6.07) is 13.4. The average Bonchev–Trinajstić information content (AvgIpc) is 3.22. The molecule has 0 spiro atoms. The standard InChI is InChI=1S/C25H29Cl2N5OS/c1-16-7-6-8-18(13-16)15-34-25-31-30-23(32(25)22-12-11-19(26)14-21(22)27)17(2)28-24(33)29-20-9-4-3-5-10-20/h6-8,11-14,17,20H,3-5,9-10,15H2,1-2H3,(H2,28,29,33). The van der Waals surface area contributed by atoms with E-state index >= 15 is 0 Å². The van der Waals surface area contributed by atoms with Crippen LogP contribution in [-0.4, -0.2) is 26.8 Å². The number of benzene rings is 2. The van der Waals surface area contributed by atoms with Crippen molar-refractivity contribution in [2.75, 3.05) is 0 Å². The zero-order valence-corrected chi connectivity index (χ0v) is 21.7. The number of urea groups is 1. The molecule has 1 heterocycles. The fraction of sp³-hybridized carbons (Fsp3) is 0.400. The predicted molar refractivity (Wildman–Crippen MR) is 139 cm³/mol. The number of hydrogen-bond acceptors (Lipinski definition) is 4. The van der Waals surface area contributed by atoms with E-state index in [9.17, 15) is 4.79 Å². The van der Waals surface area contributed by atoms with Crippen LogP contribution in [0.4, 0.5) is 4.79 Å². The molecule has 4 rings (SSSR count). The van der Waals surface area contributed by atoms with Crippen LogP contribution in [0.2, 0.25) is 10.0 Å². The van der Waals surface area contributed by atoms with Gasteiger partial charge < -0.3 is 10.6 Å². The molecule has 9 heteroatoms. The minimum absolute atomic E-state index is 0.190. The van der Waals surface area contributed by atoms with Gasteiger partial charge in [0.1, 0.15) is 0 Å². The van der Waals surface area contributed by atoms with E-state index < -0.39 is 0 Å². The fourth-order valence-corrected chi connectivity index (χ4v) is 5.62. The third-order valence-corrected chi connectivity index (χ3v) is 7.47. The van der Waals surface area contributed by atoms with E-state index in [-0.39, 0.29) is 18.1 Å². The van der Waals surface area contributed by atoms with Crippen LogP contribution in [-0.2, 0) is 5.75 Å². The lowest BCUT2D eigenvalue weighted by Gasteiger charge is -2.24. The summed E-state index contributed by atoms with van der Waals surface area (Å²) in [5, 5.41) is 16.8. The molecule has 1 aromatic heterocycles. The molecule has 1 atom stereocenters. The summed E-state index contributed by atoms with van der Waals surface area (Å²) in [6.07, 6.45) is 5.61. The van der Waals surface area contributed by atoms with Crippen LogP contribution in [0.3, 0.4) is 0 Å². The molecular formula is C25H29Cl2N5OS. The third kappa shape index (κ3) is 6.26. The highest BCUT2D eigenvalue weighted by Crippen LogP contribution is 2.32. The van der Waals surface area contributed by atoms with E-state index in [0.717, 1.165) is 37.1 Å². The second-order valence-corrected chi connectivity index (χ2v) is 10.5. The Bertz CT molecular complexity index is 1150. The monoisotopic (exact) mass is 517 g/mol. The summed E-state index contributed by atoms with van der Waals surface area (Å²) in [5.74, 6) is 1.34. The normalized spacial score (nSPS) is 15.2. The fourth-order valence-electron chi connectivity index (χ4n) is 4.23. The van der Waals surface area contributed by atoms with E-state index in [1.54, 1.807) is 23.9 Å². The van der Waals surface area contributed by atoms with E-state index in [0.29, 0.717) is 21.0 Å². The van der Waals surface area contributed by atoms with Crippen LogP contribution in [0.5, 0.6) is 0 Å². The van der Waals surface area contributed by atoms with Gasteiger partial charge >= 0.3 is 6.03 Å². The molecule has 0 saturated heterocycles. The molecule has 2 N–H and O–H groups in total. The number of nitrogens with one attached hydrogen (secondary N) is 2. The van der Waals surface area contributed by atoms with Gasteiger partial charge in [-0.1, -0.05) is 84.1 Å². The quantitative estimate of drug-likeness (QED) is 0.335. The zero-order valence-electron chi connectivity index (χ0n) is 19.4. The summed E-state index contributed by atoms with van der Waals surface area (Å²) in [4.78, 5) is 12.7. The van der Waals surface area contributed by atoms with Crippen LogP contribution in [0, 0.1) is 6.92 Å². The molecule has 2 aromatic carbocycles. The first-order chi connectivity index (χ1) is 16.4. The van der Waals surface area contributed by atoms with Gasteiger partial charge in [-0.25, -0.2) is 4.79 Å². The number of amides is 2. The largest absolute Gasteiger partial charge is 0.335 e. The Morgan fingerprint density at radius 2 is 1.94 bits per heavy atom. The maximum absolute atomic E-state index is 12.7. The van der Waals surface area contributed by atoms with E-state index in [1.807, 2.05) is 23.6 Å². The van der Waals surface area contributed by atoms with Crippen LogP contribution in [0.25, 0.3) is 5.69 Å². The van der Waals surface area contributed by atoms with Crippen LogP contribution in [0.15, 0.2) is 47.6 Å². The molecular weight excluding hydrogens is 489 g/mol. The van der Waals surface area contributed by atoms with Crippen molar-refractivity contribution in [3.8, 4) is 5.69 Å². The highest BCUT2D eigenvalue weighted by Gasteiger charge is 2.24. The first-order valence-electron chi connectivity index (χ1n) is 11.6. The lowest BCUT2D eigenvalue weighted by atomic mass is 9.96. The molecule has 0 radical (unpaired) electrons. The van der Waals surface area contributed by atoms with Crippen molar-refractivity contribution in [2.24, 2.45) is 0 Å². The number of rotatable bonds is 7. The summed E-state index contributed by atoms with van der Waals surface area (Å²) >= 11 is 14.3. The molecule has 6 nitrogen and oxygen atoms in total. The van der Waals surface area contributed by atoms with Gasteiger partial charge in [-0.2, -0.15) is 0 Å². The number of nitrogens with zero attached hydrogens (tertiary/aromatic N) is 3. The number of aryl methyl sites for hydroxylation is 1. The van der Waals surface area contributed by atoms with Crippen molar-refractivity contribution >= 4 is 41.0 Å². The Kier molecular flexibility index (Phi) is 8.40. The molecule has 2 amide bonds. The van der Waals surface area contributed by atoms with Gasteiger partial charge in [0.2, 0.25) is 0 Å². The third-order valence-electron chi connectivity index (χ3n) is 5.93. The van der Waals surface area contributed by atoms with Crippen LogP contribution >= 0.6 is 35.0 Å². The molecule has 1 saturated carbocycles. The molecule has 0 aliphatic heterocycles. The molecule has 1 unspecified atom stereocenters. The highest BCUT2D eigenvalue weighted by molar-refractivity contribution is 7.98. The minimum atomic E-state index is -0.379. The second kappa shape index (κ2) is 11.5. The number of aromatic nitrogens is 3. The zero-order chi connectivity index (χ0) is 24.1. The molecule has 34 heavy (non-hydrogen) atoms. The summed E-state index contributed by atoms with van der Waals surface area (Å²) in [6.45, 7) is 3.98. The summed E-state index contributed by atoms with van der Waals surface area (Å²) < 4.78 is 1.91. The lowest BCUT2D eigenvalue weighted by molar-refractivity contribution is 0.229. The van der Waals surface area contributed by atoms with Crippen molar-refractivity contribution in [3.05, 3.63) is 69.5 Å². The van der Waals surface area contributed by atoms with Crippen molar-refractivity contribution < 1.29 is 4.79 Å². The van der Waals surface area contributed by atoms with Gasteiger partial charge in [0, 0.05) is 16.8 Å². The van der Waals surface area contributed by atoms with Crippen molar-refractivity contribution in [1.29, 1.82) is 0 Å². The summed E-state index contributed by atoms with van der Waals surface area (Å²) in [7, 11) is 0. The van der Waals surface area contributed by atoms with Gasteiger partial charge in [0.05, 0.1) is 16.8 Å². The van der Waals surface area contributed by atoms with Crippen molar-refractivity contribution in [2.45, 2.75) is 68.9 Å². The topological polar surface area (TPSA) is 71.8 Å². The number of halogens is 2. The van der Waals surface area contributed by atoms with Gasteiger partial charge in [-0.15, -0.1) is 10.2 Å². The van der Waals surface area contributed by atoms with Gasteiger partial charge in [-0.3, -0.25) is 4.57 Å². The second-order valence-electron chi connectivity index (χ2n) is 8.72. The average molecular weight is 519 g/mol. The SMILES string of the molecule is Cc1cccc(CSc2nnc(C(C)NC(=O)NC3CCCCC3)n2-c2ccc(Cl)cc2Cl)c1. The summed E-state index contributed by atoms with van der Waals surface area (Å²) in [5.41, 5.74) is 3.13. The van der Waals surface area contributed by atoms with E-state index in [1.165, 1.54) is 17.5 Å². The van der Waals surface area contributed by atoms with E-state index in [2.05, 4.69) is 46.0 Å². The number of hydrogen-bond donors (Lipinski definition) is 2. The number of carbonyl (C=O) groups is 1. The number of thioether (sulfide) groups is 1.